The van der Waals surface area contributed by atoms with Crippen LogP contribution < -0.4 is 15.8 Å². The van der Waals surface area contributed by atoms with Crippen molar-refractivity contribution in [3.8, 4) is 0 Å². The highest BCUT2D eigenvalue weighted by molar-refractivity contribution is 5.82. The Morgan fingerprint density at radius 1 is 1.07 bits per heavy atom. The van der Waals surface area contributed by atoms with E-state index in [1.807, 2.05) is 48.2 Å². The number of hydrogen-bond acceptors (Lipinski definition) is 3. The zero-order chi connectivity index (χ0) is 20.6. The molecule has 29 heavy (non-hydrogen) atoms. The first-order valence-corrected chi connectivity index (χ1v) is 9.76. The molecule has 0 amide bonds. The summed E-state index contributed by atoms with van der Waals surface area (Å²) in [4.78, 5) is 14.1. The quantitative estimate of drug-likeness (QED) is 0.652. The minimum absolute atomic E-state index is 0.0345. The third-order valence-corrected chi connectivity index (χ3v) is 5.55. The normalized spacial score (nSPS) is 15.8. The molecular weight excluding hydrogens is 381 g/mol. The molecule has 0 spiro atoms. The smallest absolute Gasteiger partial charge is 0.372 e. The van der Waals surface area contributed by atoms with Crippen LogP contribution in [0.2, 0.25) is 0 Å². The number of rotatable bonds is 4. The van der Waals surface area contributed by atoms with Crippen molar-refractivity contribution in [3.63, 3.8) is 0 Å². The van der Waals surface area contributed by atoms with Crippen molar-refractivity contribution >= 4 is 28.0 Å². The van der Waals surface area contributed by atoms with Gasteiger partial charge in [0.05, 0.1) is 16.8 Å². The standard InChI is InChI=1S/C21H23F3N4O/c1-2-28-20(29)18-8-5-16(13-19(18)26-28)25-15-3-6-17(7-4-15)27-11-9-14(10-12-27)21(22,23)24/h3-8,13-14,25-26H,2,9-12H2,1H3. The van der Waals surface area contributed by atoms with E-state index in [-0.39, 0.29) is 18.4 Å². The molecule has 2 aromatic carbocycles. The molecule has 3 aromatic rings. The number of aromatic amines is 1. The lowest BCUT2D eigenvalue weighted by Crippen LogP contribution is -2.38. The summed E-state index contributed by atoms with van der Waals surface area (Å²) in [5.74, 6) is -1.19. The molecule has 2 heterocycles. The van der Waals surface area contributed by atoms with Gasteiger partial charge in [0.15, 0.2) is 0 Å². The topological polar surface area (TPSA) is 53.1 Å². The van der Waals surface area contributed by atoms with Crippen LogP contribution in [-0.4, -0.2) is 29.0 Å². The lowest BCUT2D eigenvalue weighted by molar-refractivity contribution is -0.179. The van der Waals surface area contributed by atoms with E-state index >= 15 is 0 Å². The molecule has 0 unspecified atom stereocenters. The Labute approximate surface area is 166 Å². The third-order valence-electron chi connectivity index (χ3n) is 5.55. The van der Waals surface area contributed by atoms with Gasteiger partial charge in [0, 0.05) is 36.7 Å². The van der Waals surface area contributed by atoms with Crippen LogP contribution in [0.3, 0.4) is 0 Å². The van der Waals surface area contributed by atoms with Crippen molar-refractivity contribution in [1.82, 2.24) is 9.78 Å². The average molecular weight is 404 g/mol. The van der Waals surface area contributed by atoms with Crippen LogP contribution in [0.1, 0.15) is 19.8 Å². The molecule has 4 rings (SSSR count). The summed E-state index contributed by atoms with van der Waals surface area (Å²) in [7, 11) is 0. The van der Waals surface area contributed by atoms with Gasteiger partial charge in [-0.1, -0.05) is 0 Å². The maximum atomic E-state index is 12.8. The largest absolute Gasteiger partial charge is 0.391 e. The van der Waals surface area contributed by atoms with Crippen molar-refractivity contribution in [2.45, 2.75) is 32.5 Å². The molecule has 1 saturated heterocycles. The Morgan fingerprint density at radius 3 is 2.34 bits per heavy atom. The number of halogens is 3. The molecule has 1 fully saturated rings. The Balaban J connectivity index is 1.44. The molecule has 1 aliphatic heterocycles. The minimum atomic E-state index is -4.09. The number of benzene rings is 2. The predicted octanol–water partition coefficient (Wildman–Crippen LogP) is 4.87. The monoisotopic (exact) mass is 404 g/mol. The first-order chi connectivity index (χ1) is 13.8. The number of nitrogens with one attached hydrogen (secondary N) is 2. The number of piperidine rings is 1. The summed E-state index contributed by atoms with van der Waals surface area (Å²) in [5.41, 5.74) is 3.38. The van der Waals surface area contributed by atoms with Crippen LogP contribution in [-0.2, 0) is 6.54 Å². The summed E-state index contributed by atoms with van der Waals surface area (Å²) in [5, 5.41) is 7.03. The lowest BCUT2D eigenvalue weighted by Gasteiger charge is -2.34. The first kappa shape index (κ1) is 19.4. The number of hydrogen-bond donors (Lipinski definition) is 2. The zero-order valence-electron chi connectivity index (χ0n) is 16.1. The van der Waals surface area contributed by atoms with Gasteiger partial charge >= 0.3 is 6.18 Å². The van der Waals surface area contributed by atoms with E-state index in [2.05, 4.69) is 10.4 Å². The number of H-pyrrole nitrogens is 1. The molecule has 0 saturated carbocycles. The Morgan fingerprint density at radius 2 is 1.72 bits per heavy atom. The van der Waals surface area contributed by atoms with E-state index in [0.29, 0.717) is 25.0 Å². The number of fused-ring (bicyclic) bond motifs is 1. The van der Waals surface area contributed by atoms with Crippen LogP contribution in [0, 0.1) is 5.92 Å². The Hall–Kier alpha value is -2.90. The fourth-order valence-corrected chi connectivity index (χ4v) is 3.85. The van der Waals surface area contributed by atoms with E-state index in [9.17, 15) is 18.0 Å². The molecule has 5 nitrogen and oxygen atoms in total. The van der Waals surface area contributed by atoms with Crippen LogP contribution in [0.15, 0.2) is 47.3 Å². The fourth-order valence-electron chi connectivity index (χ4n) is 3.85. The Kier molecular flexibility index (Phi) is 5.02. The summed E-state index contributed by atoms with van der Waals surface area (Å²) < 4.78 is 40.0. The molecule has 1 aromatic heterocycles. The van der Waals surface area contributed by atoms with Crippen molar-refractivity contribution < 1.29 is 13.2 Å². The molecule has 0 bridgehead atoms. The second-order valence-electron chi connectivity index (χ2n) is 7.40. The van der Waals surface area contributed by atoms with Crippen molar-refractivity contribution in [2.75, 3.05) is 23.3 Å². The van der Waals surface area contributed by atoms with Crippen LogP contribution >= 0.6 is 0 Å². The second-order valence-corrected chi connectivity index (χ2v) is 7.40. The highest BCUT2D eigenvalue weighted by Gasteiger charge is 2.41. The zero-order valence-corrected chi connectivity index (χ0v) is 16.1. The van der Waals surface area contributed by atoms with Crippen LogP contribution in [0.25, 0.3) is 10.9 Å². The van der Waals surface area contributed by atoms with Gasteiger partial charge in [-0.3, -0.25) is 14.6 Å². The highest BCUT2D eigenvalue weighted by Crippen LogP contribution is 2.35. The fraction of sp³-hybridized carbons (Fsp3) is 0.381. The summed E-state index contributed by atoms with van der Waals surface area (Å²) in [6, 6.07) is 13.2. The van der Waals surface area contributed by atoms with Gasteiger partial charge in [-0.05, 0) is 62.2 Å². The van der Waals surface area contributed by atoms with Gasteiger partial charge in [-0.25, -0.2) is 0 Å². The summed E-state index contributed by atoms with van der Waals surface area (Å²) in [6.07, 6.45) is -3.82. The molecule has 154 valence electrons. The molecule has 0 atom stereocenters. The maximum Gasteiger partial charge on any atom is 0.391 e. The molecule has 1 aliphatic rings. The minimum Gasteiger partial charge on any atom is -0.372 e. The molecule has 0 radical (unpaired) electrons. The van der Waals surface area contributed by atoms with Crippen LogP contribution in [0.5, 0.6) is 0 Å². The van der Waals surface area contributed by atoms with Crippen molar-refractivity contribution in [1.29, 1.82) is 0 Å². The second kappa shape index (κ2) is 7.50. The van der Waals surface area contributed by atoms with E-state index in [1.54, 1.807) is 10.7 Å². The van der Waals surface area contributed by atoms with E-state index < -0.39 is 12.1 Å². The van der Waals surface area contributed by atoms with E-state index in [0.717, 1.165) is 22.6 Å². The number of alkyl halides is 3. The van der Waals surface area contributed by atoms with Gasteiger partial charge in [0.25, 0.3) is 5.56 Å². The molecule has 8 heteroatoms. The van der Waals surface area contributed by atoms with Gasteiger partial charge in [-0.15, -0.1) is 0 Å². The lowest BCUT2D eigenvalue weighted by atomic mass is 9.96. The van der Waals surface area contributed by atoms with Crippen LogP contribution in [0.4, 0.5) is 30.2 Å². The average Bonchev–Trinajstić information content (AvgIpc) is 3.03. The van der Waals surface area contributed by atoms with Gasteiger partial charge < -0.3 is 10.2 Å². The number of aryl methyl sites for hydroxylation is 1. The van der Waals surface area contributed by atoms with E-state index in [1.165, 1.54) is 0 Å². The molecule has 2 N–H and O–H groups in total. The number of nitrogens with zero attached hydrogens (tertiary/aromatic N) is 2. The highest BCUT2D eigenvalue weighted by atomic mass is 19.4. The summed E-state index contributed by atoms with van der Waals surface area (Å²) in [6.45, 7) is 3.31. The predicted molar refractivity (Wildman–Crippen MR) is 109 cm³/mol. The van der Waals surface area contributed by atoms with Crippen molar-refractivity contribution in [3.05, 3.63) is 52.8 Å². The maximum absolute atomic E-state index is 12.8. The number of anilines is 3. The molecule has 0 aliphatic carbocycles. The first-order valence-electron chi connectivity index (χ1n) is 9.76. The third kappa shape index (κ3) is 3.97. The van der Waals surface area contributed by atoms with Gasteiger partial charge in [0.1, 0.15) is 0 Å². The Bertz CT molecular complexity index is 1040. The van der Waals surface area contributed by atoms with Gasteiger partial charge in [-0.2, -0.15) is 13.2 Å². The number of aromatic nitrogens is 2. The van der Waals surface area contributed by atoms with E-state index in [4.69, 9.17) is 0 Å². The molecular formula is C21H23F3N4O. The van der Waals surface area contributed by atoms with Gasteiger partial charge in [0.2, 0.25) is 0 Å². The SMILES string of the molecule is CCn1[nH]c2cc(Nc3ccc(N4CCC(C(F)(F)F)CC4)cc3)ccc2c1=O. The van der Waals surface area contributed by atoms with Crippen molar-refractivity contribution in [2.24, 2.45) is 5.92 Å². The summed E-state index contributed by atoms with van der Waals surface area (Å²) >= 11 is 0.